The van der Waals surface area contributed by atoms with Gasteiger partial charge in [-0.3, -0.25) is 14.6 Å². The quantitative estimate of drug-likeness (QED) is 0.510. The van der Waals surface area contributed by atoms with Crippen LogP contribution in [0.2, 0.25) is 0 Å². The van der Waals surface area contributed by atoms with Crippen LogP contribution in [-0.2, 0) is 19.1 Å². The second kappa shape index (κ2) is 7.91. The van der Waals surface area contributed by atoms with Crippen molar-refractivity contribution in [2.45, 2.75) is 19.0 Å². The van der Waals surface area contributed by atoms with Crippen molar-refractivity contribution in [3.63, 3.8) is 0 Å². The van der Waals surface area contributed by atoms with Crippen LogP contribution in [0.15, 0.2) is 47.6 Å². The van der Waals surface area contributed by atoms with E-state index in [1.165, 1.54) is 14.2 Å². The number of hydrogen-bond donors (Lipinski definition) is 0. The van der Waals surface area contributed by atoms with E-state index in [4.69, 9.17) is 14.2 Å². The fourth-order valence-corrected chi connectivity index (χ4v) is 5.08. The van der Waals surface area contributed by atoms with Crippen molar-refractivity contribution < 1.29 is 28.6 Å². The van der Waals surface area contributed by atoms with Crippen LogP contribution in [0.4, 0.5) is 5.69 Å². The summed E-state index contributed by atoms with van der Waals surface area (Å²) in [5.74, 6) is -2.40. The van der Waals surface area contributed by atoms with E-state index in [9.17, 15) is 14.4 Å². The van der Waals surface area contributed by atoms with Gasteiger partial charge in [0.05, 0.1) is 50.6 Å². The lowest BCUT2D eigenvalue weighted by Gasteiger charge is -2.33. The van der Waals surface area contributed by atoms with Crippen LogP contribution in [0, 0.1) is 11.8 Å². The maximum Gasteiger partial charge on any atom is 0.331 e. The molecule has 5 rings (SSSR count). The summed E-state index contributed by atoms with van der Waals surface area (Å²) in [6, 6.07) is 10.9. The number of fused-ring (bicyclic) bond motifs is 5. The second-order valence-corrected chi connectivity index (χ2v) is 8.00. The molecule has 170 valence electrons. The molecule has 0 aromatic heterocycles. The number of amides is 2. The summed E-state index contributed by atoms with van der Waals surface area (Å²) in [7, 11) is 2.96. The highest BCUT2D eigenvalue weighted by Gasteiger charge is 2.66. The van der Waals surface area contributed by atoms with Crippen LogP contribution in [0.3, 0.4) is 0 Å². The number of ether oxygens (including phenoxy) is 3. The third kappa shape index (κ3) is 2.99. The largest absolute Gasteiger partial charge is 0.497 e. The van der Waals surface area contributed by atoms with E-state index in [0.29, 0.717) is 11.5 Å². The molecule has 9 heteroatoms. The number of methoxy groups -OCH3 is 2. The van der Waals surface area contributed by atoms with Gasteiger partial charge >= 0.3 is 5.97 Å². The third-order valence-electron chi connectivity index (χ3n) is 6.45. The Labute approximate surface area is 190 Å². The third-order valence-corrected chi connectivity index (χ3v) is 6.45. The summed E-state index contributed by atoms with van der Waals surface area (Å²) in [5.41, 5.74) is 1.97. The lowest BCUT2D eigenvalue weighted by molar-refractivity contribution is -0.152. The van der Waals surface area contributed by atoms with Crippen LogP contribution in [-0.4, -0.2) is 55.9 Å². The van der Waals surface area contributed by atoms with Gasteiger partial charge in [0.2, 0.25) is 11.8 Å². The van der Waals surface area contributed by atoms with Gasteiger partial charge < -0.3 is 14.2 Å². The van der Waals surface area contributed by atoms with E-state index in [-0.39, 0.29) is 12.3 Å². The zero-order valence-electron chi connectivity index (χ0n) is 18.4. The van der Waals surface area contributed by atoms with E-state index >= 15 is 0 Å². The van der Waals surface area contributed by atoms with Gasteiger partial charge in [-0.05, 0) is 30.2 Å². The number of hydrogen-bond acceptors (Lipinski definition) is 8. The van der Waals surface area contributed by atoms with Crippen molar-refractivity contribution in [2.75, 3.05) is 25.7 Å². The van der Waals surface area contributed by atoms with Gasteiger partial charge in [0, 0.05) is 6.07 Å². The van der Waals surface area contributed by atoms with Crippen LogP contribution >= 0.6 is 0 Å². The second-order valence-electron chi connectivity index (χ2n) is 8.00. The van der Waals surface area contributed by atoms with E-state index in [1.807, 2.05) is 24.3 Å². The normalized spacial score (nSPS) is 24.9. The summed E-state index contributed by atoms with van der Waals surface area (Å²) in [6.07, 6.45) is 1.65. The Kier molecular flexibility index (Phi) is 5.03. The van der Waals surface area contributed by atoms with Gasteiger partial charge in [-0.25, -0.2) is 9.69 Å². The first-order valence-electron chi connectivity index (χ1n) is 10.7. The molecule has 2 aromatic carbocycles. The molecule has 3 heterocycles. The number of hydrazone groups is 1. The van der Waals surface area contributed by atoms with E-state index in [1.54, 1.807) is 36.3 Å². The topological polar surface area (TPSA) is 97.7 Å². The van der Waals surface area contributed by atoms with Gasteiger partial charge in [0.15, 0.2) is 6.04 Å². The van der Waals surface area contributed by atoms with Crippen LogP contribution in [0.1, 0.15) is 24.1 Å². The lowest BCUT2D eigenvalue weighted by atomic mass is 9.85. The molecule has 2 amide bonds. The van der Waals surface area contributed by atoms with E-state index < -0.39 is 41.7 Å². The number of benzene rings is 2. The zero-order valence-corrected chi connectivity index (χ0v) is 18.4. The highest BCUT2D eigenvalue weighted by Crippen LogP contribution is 2.53. The van der Waals surface area contributed by atoms with Gasteiger partial charge in [-0.2, -0.15) is 5.10 Å². The van der Waals surface area contributed by atoms with Crippen LogP contribution in [0.5, 0.6) is 11.5 Å². The fourth-order valence-electron chi connectivity index (χ4n) is 5.08. The molecule has 3 aliphatic heterocycles. The number of imide groups is 1. The van der Waals surface area contributed by atoms with Gasteiger partial charge in [0.25, 0.3) is 0 Å². The molecule has 0 aliphatic carbocycles. The smallest absolute Gasteiger partial charge is 0.331 e. The monoisotopic (exact) mass is 449 g/mol. The first kappa shape index (κ1) is 21.0. The minimum Gasteiger partial charge on any atom is -0.497 e. The van der Waals surface area contributed by atoms with Gasteiger partial charge in [-0.15, -0.1) is 0 Å². The molecule has 9 nitrogen and oxygen atoms in total. The molecular weight excluding hydrogens is 426 g/mol. The molecule has 3 aliphatic rings. The van der Waals surface area contributed by atoms with Gasteiger partial charge in [-0.1, -0.05) is 24.3 Å². The highest BCUT2D eigenvalue weighted by atomic mass is 16.5. The van der Waals surface area contributed by atoms with Crippen molar-refractivity contribution in [3.8, 4) is 11.5 Å². The first-order valence-corrected chi connectivity index (χ1v) is 10.7. The Morgan fingerprint density at radius 3 is 2.52 bits per heavy atom. The number of nitrogens with zero attached hydrogens (tertiary/aromatic N) is 3. The molecule has 0 saturated carbocycles. The SMILES string of the molecule is CCOC(=O)C1C2C(=O)N(c3cc(OC)ccc3OC)C(=O)C2C2c3ccccc3C=NN12. The Bertz CT molecular complexity index is 1180. The van der Waals surface area contributed by atoms with Crippen molar-refractivity contribution in [1.82, 2.24) is 5.01 Å². The highest BCUT2D eigenvalue weighted by molar-refractivity contribution is 6.24. The van der Waals surface area contributed by atoms with E-state index in [2.05, 4.69) is 5.10 Å². The summed E-state index contributed by atoms with van der Waals surface area (Å²) < 4.78 is 16.0. The summed E-state index contributed by atoms with van der Waals surface area (Å²) in [4.78, 5) is 41.7. The summed E-state index contributed by atoms with van der Waals surface area (Å²) in [5, 5.41) is 6.03. The predicted octanol–water partition coefficient (Wildman–Crippen LogP) is 2.15. The molecule has 4 atom stereocenters. The van der Waals surface area contributed by atoms with Crippen molar-refractivity contribution >= 4 is 29.7 Å². The molecular formula is C24H23N3O6. The average Bonchev–Trinajstić information content (AvgIpc) is 3.31. The molecule has 0 bridgehead atoms. The fraction of sp³-hybridized carbons (Fsp3) is 0.333. The summed E-state index contributed by atoms with van der Waals surface area (Å²) in [6.45, 7) is 1.85. The Balaban J connectivity index is 1.65. The van der Waals surface area contributed by atoms with Crippen molar-refractivity contribution in [3.05, 3.63) is 53.6 Å². The number of esters is 1. The predicted molar refractivity (Wildman–Crippen MR) is 118 cm³/mol. The Hall–Kier alpha value is -3.88. The van der Waals surface area contributed by atoms with E-state index in [0.717, 1.165) is 16.0 Å². The first-order chi connectivity index (χ1) is 16.0. The molecule has 0 radical (unpaired) electrons. The number of rotatable bonds is 5. The maximum atomic E-state index is 13.8. The summed E-state index contributed by atoms with van der Waals surface area (Å²) >= 11 is 0. The Morgan fingerprint density at radius 1 is 1.03 bits per heavy atom. The molecule has 4 unspecified atom stereocenters. The van der Waals surface area contributed by atoms with Gasteiger partial charge in [0.1, 0.15) is 11.5 Å². The standard InChI is InChI=1S/C24H23N3O6/c1-4-33-24(30)21-19-18(20-15-8-6-5-7-13(15)12-25-27(20)21)22(28)26(23(19)29)16-11-14(31-2)9-10-17(16)32-3/h5-12,18-21H,4H2,1-3H3. The number of anilines is 1. The minimum absolute atomic E-state index is 0.154. The zero-order chi connectivity index (χ0) is 23.3. The lowest BCUT2D eigenvalue weighted by Crippen LogP contribution is -2.45. The molecule has 0 spiro atoms. The number of carbonyl (C=O) groups excluding carboxylic acids is 3. The molecule has 2 saturated heterocycles. The molecule has 2 aromatic rings. The van der Waals surface area contributed by atoms with Crippen molar-refractivity contribution in [1.29, 1.82) is 0 Å². The molecule has 33 heavy (non-hydrogen) atoms. The Morgan fingerprint density at radius 2 is 1.79 bits per heavy atom. The average molecular weight is 449 g/mol. The maximum absolute atomic E-state index is 13.8. The van der Waals surface area contributed by atoms with Crippen molar-refractivity contribution in [2.24, 2.45) is 16.9 Å². The minimum atomic E-state index is -1.01. The van der Waals surface area contributed by atoms with Crippen LogP contribution < -0.4 is 14.4 Å². The van der Waals surface area contributed by atoms with Crippen LogP contribution in [0.25, 0.3) is 0 Å². The molecule has 2 fully saturated rings. The molecule has 0 N–H and O–H groups in total. The number of carbonyl (C=O) groups is 3.